The first-order chi connectivity index (χ1) is 14.1. The van der Waals surface area contributed by atoms with Gasteiger partial charge in [-0.2, -0.15) is 0 Å². The highest BCUT2D eigenvalue weighted by molar-refractivity contribution is 5.66. The third-order valence-corrected chi connectivity index (χ3v) is 5.11. The first kappa shape index (κ1) is 19.3. The zero-order valence-electron chi connectivity index (χ0n) is 15.9. The number of aromatic nitrogens is 2. The first-order valence-corrected chi connectivity index (χ1v) is 9.61. The summed E-state index contributed by atoms with van der Waals surface area (Å²) in [5.74, 6) is 0.243. The highest BCUT2D eigenvalue weighted by Crippen LogP contribution is 2.36. The normalized spacial score (nSPS) is 16.8. The van der Waals surface area contributed by atoms with Crippen LogP contribution in [0.15, 0.2) is 54.7 Å². The van der Waals surface area contributed by atoms with E-state index in [0.717, 1.165) is 36.2 Å². The van der Waals surface area contributed by atoms with Crippen molar-refractivity contribution in [3.8, 4) is 16.9 Å². The summed E-state index contributed by atoms with van der Waals surface area (Å²) < 4.78 is 32.5. The SMILES string of the molecule is Nc1ncc(-c2cccc(F)c2)c([C@H]2CCCN2CCOc2ccc(F)cc2)n1. The maximum Gasteiger partial charge on any atom is 0.220 e. The number of halogens is 2. The van der Waals surface area contributed by atoms with E-state index in [0.29, 0.717) is 18.9 Å². The molecule has 5 nitrogen and oxygen atoms in total. The molecule has 1 saturated heterocycles. The van der Waals surface area contributed by atoms with Gasteiger partial charge in [0, 0.05) is 18.3 Å². The van der Waals surface area contributed by atoms with Gasteiger partial charge in [0.05, 0.1) is 11.7 Å². The summed E-state index contributed by atoms with van der Waals surface area (Å²) in [7, 11) is 0. The van der Waals surface area contributed by atoms with Gasteiger partial charge in [-0.15, -0.1) is 0 Å². The molecule has 0 saturated carbocycles. The quantitative estimate of drug-likeness (QED) is 0.676. The molecule has 3 aromatic rings. The van der Waals surface area contributed by atoms with Gasteiger partial charge in [0.15, 0.2) is 0 Å². The molecule has 7 heteroatoms. The second kappa shape index (κ2) is 8.53. The number of likely N-dealkylation sites (tertiary alicyclic amines) is 1. The van der Waals surface area contributed by atoms with Crippen molar-refractivity contribution in [1.82, 2.24) is 14.9 Å². The molecule has 0 spiro atoms. The highest BCUT2D eigenvalue weighted by Gasteiger charge is 2.29. The molecule has 1 aliphatic heterocycles. The lowest BCUT2D eigenvalue weighted by Crippen LogP contribution is -2.29. The summed E-state index contributed by atoms with van der Waals surface area (Å²) in [6.45, 7) is 2.07. The average Bonchev–Trinajstić information content (AvgIpc) is 3.18. The molecule has 1 aliphatic rings. The minimum Gasteiger partial charge on any atom is -0.492 e. The van der Waals surface area contributed by atoms with E-state index in [4.69, 9.17) is 10.5 Å². The van der Waals surface area contributed by atoms with Crippen LogP contribution in [-0.2, 0) is 0 Å². The van der Waals surface area contributed by atoms with Crippen molar-refractivity contribution in [2.75, 3.05) is 25.4 Å². The van der Waals surface area contributed by atoms with Crippen LogP contribution in [0.5, 0.6) is 5.75 Å². The molecule has 4 rings (SSSR count). The topological polar surface area (TPSA) is 64.3 Å². The van der Waals surface area contributed by atoms with Gasteiger partial charge in [-0.05, 0) is 61.3 Å². The second-order valence-electron chi connectivity index (χ2n) is 7.03. The fourth-order valence-electron chi connectivity index (χ4n) is 3.76. The molecule has 2 heterocycles. The third-order valence-electron chi connectivity index (χ3n) is 5.11. The molecular formula is C22H22F2N4O. The number of rotatable bonds is 6. The van der Waals surface area contributed by atoms with Gasteiger partial charge in [0.2, 0.25) is 5.95 Å². The number of hydrogen-bond acceptors (Lipinski definition) is 5. The van der Waals surface area contributed by atoms with Crippen LogP contribution < -0.4 is 10.5 Å². The lowest BCUT2D eigenvalue weighted by Gasteiger charge is -2.25. The smallest absolute Gasteiger partial charge is 0.220 e. The molecular weight excluding hydrogens is 374 g/mol. The molecule has 0 unspecified atom stereocenters. The average molecular weight is 396 g/mol. The van der Waals surface area contributed by atoms with Gasteiger partial charge in [-0.25, -0.2) is 18.7 Å². The first-order valence-electron chi connectivity index (χ1n) is 9.61. The second-order valence-corrected chi connectivity index (χ2v) is 7.03. The molecule has 1 fully saturated rings. The molecule has 2 aromatic carbocycles. The van der Waals surface area contributed by atoms with E-state index in [9.17, 15) is 8.78 Å². The van der Waals surface area contributed by atoms with Crippen LogP contribution in [0.25, 0.3) is 11.1 Å². The van der Waals surface area contributed by atoms with Crippen molar-refractivity contribution in [2.45, 2.75) is 18.9 Å². The maximum absolute atomic E-state index is 13.8. The number of hydrogen-bond donors (Lipinski definition) is 1. The summed E-state index contributed by atoms with van der Waals surface area (Å²) in [6, 6.07) is 12.5. The van der Waals surface area contributed by atoms with E-state index < -0.39 is 0 Å². The maximum atomic E-state index is 13.8. The van der Waals surface area contributed by atoms with E-state index in [2.05, 4.69) is 14.9 Å². The van der Waals surface area contributed by atoms with E-state index in [1.165, 1.54) is 24.3 Å². The van der Waals surface area contributed by atoms with Gasteiger partial charge in [0.1, 0.15) is 24.0 Å². The van der Waals surface area contributed by atoms with E-state index in [-0.39, 0.29) is 23.6 Å². The van der Waals surface area contributed by atoms with Crippen molar-refractivity contribution in [2.24, 2.45) is 0 Å². The van der Waals surface area contributed by atoms with Gasteiger partial charge in [-0.3, -0.25) is 4.90 Å². The minimum absolute atomic E-state index is 0.0513. The Morgan fingerprint density at radius 3 is 2.72 bits per heavy atom. The lowest BCUT2D eigenvalue weighted by atomic mass is 10.00. The molecule has 0 bridgehead atoms. The monoisotopic (exact) mass is 396 g/mol. The summed E-state index contributed by atoms with van der Waals surface area (Å²) in [6.07, 6.45) is 3.61. The van der Waals surface area contributed by atoms with Gasteiger partial charge in [0.25, 0.3) is 0 Å². The van der Waals surface area contributed by atoms with Gasteiger partial charge in [-0.1, -0.05) is 12.1 Å². The Balaban J connectivity index is 1.52. The summed E-state index contributed by atoms with van der Waals surface area (Å²) >= 11 is 0. The van der Waals surface area contributed by atoms with Crippen LogP contribution in [0.2, 0.25) is 0 Å². The molecule has 29 heavy (non-hydrogen) atoms. The van der Waals surface area contributed by atoms with Crippen molar-refractivity contribution in [1.29, 1.82) is 0 Å². The number of nitrogen functional groups attached to an aromatic ring is 1. The molecule has 1 atom stereocenters. The lowest BCUT2D eigenvalue weighted by molar-refractivity contribution is 0.195. The number of benzene rings is 2. The van der Waals surface area contributed by atoms with Crippen LogP contribution in [-0.4, -0.2) is 34.6 Å². The van der Waals surface area contributed by atoms with Crippen molar-refractivity contribution in [3.05, 3.63) is 72.1 Å². The molecule has 150 valence electrons. The molecule has 1 aromatic heterocycles. The Morgan fingerprint density at radius 2 is 1.93 bits per heavy atom. The predicted octanol–water partition coefficient (Wildman–Crippen LogP) is 4.22. The molecule has 0 radical (unpaired) electrons. The Morgan fingerprint density at radius 1 is 1.10 bits per heavy atom. The van der Waals surface area contributed by atoms with Crippen LogP contribution in [0.4, 0.5) is 14.7 Å². The standard InChI is InChI=1S/C22H22F2N4O/c23-16-6-8-18(9-7-16)29-12-11-28-10-2-5-20(28)21-19(14-26-22(25)27-21)15-3-1-4-17(24)13-15/h1,3-4,6-9,13-14,20H,2,5,10-12H2,(H2,25,26,27)/t20-/m1/s1. The number of nitrogens with zero attached hydrogens (tertiary/aromatic N) is 3. The number of anilines is 1. The van der Waals surface area contributed by atoms with Crippen LogP contribution in [0, 0.1) is 11.6 Å². The Kier molecular flexibility index (Phi) is 5.67. The van der Waals surface area contributed by atoms with E-state index in [1.807, 2.05) is 6.07 Å². The summed E-state index contributed by atoms with van der Waals surface area (Å²) in [4.78, 5) is 10.9. The Bertz CT molecular complexity index is 981. The highest BCUT2D eigenvalue weighted by atomic mass is 19.1. The van der Waals surface area contributed by atoms with E-state index in [1.54, 1.807) is 24.4 Å². The van der Waals surface area contributed by atoms with Crippen molar-refractivity contribution < 1.29 is 13.5 Å². The zero-order chi connectivity index (χ0) is 20.2. The molecule has 2 N–H and O–H groups in total. The van der Waals surface area contributed by atoms with Crippen LogP contribution in [0.3, 0.4) is 0 Å². The van der Waals surface area contributed by atoms with Crippen LogP contribution in [0.1, 0.15) is 24.6 Å². The largest absolute Gasteiger partial charge is 0.492 e. The van der Waals surface area contributed by atoms with Crippen LogP contribution >= 0.6 is 0 Å². The summed E-state index contributed by atoms with van der Waals surface area (Å²) in [5.41, 5.74) is 8.19. The summed E-state index contributed by atoms with van der Waals surface area (Å²) in [5, 5.41) is 0. The van der Waals surface area contributed by atoms with Crippen molar-refractivity contribution >= 4 is 5.95 Å². The predicted molar refractivity (Wildman–Crippen MR) is 107 cm³/mol. The van der Waals surface area contributed by atoms with Gasteiger partial charge >= 0.3 is 0 Å². The molecule has 0 aliphatic carbocycles. The van der Waals surface area contributed by atoms with E-state index >= 15 is 0 Å². The Labute approximate surface area is 168 Å². The van der Waals surface area contributed by atoms with Gasteiger partial charge < -0.3 is 10.5 Å². The number of nitrogens with two attached hydrogens (primary N) is 1. The fourth-order valence-corrected chi connectivity index (χ4v) is 3.76. The zero-order valence-corrected chi connectivity index (χ0v) is 15.9. The van der Waals surface area contributed by atoms with Crippen molar-refractivity contribution in [3.63, 3.8) is 0 Å². The fraction of sp³-hybridized carbons (Fsp3) is 0.273. The Hall–Kier alpha value is -3.06. The molecule has 0 amide bonds. The number of ether oxygens (including phenoxy) is 1. The minimum atomic E-state index is -0.304. The third kappa shape index (κ3) is 4.51.